The first-order chi connectivity index (χ1) is 7.47. The van der Waals surface area contributed by atoms with Crippen molar-refractivity contribution in [2.24, 2.45) is 5.92 Å². The highest BCUT2D eigenvalue weighted by Gasteiger charge is 2.20. The van der Waals surface area contributed by atoms with E-state index in [9.17, 15) is 0 Å². The molecule has 1 unspecified atom stereocenters. The number of rotatable bonds is 0. The molecule has 1 heterocycles. The Morgan fingerprint density at radius 3 is 1.88 bits per heavy atom. The quantitative estimate of drug-likeness (QED) is 0.637. The van der Waals surface area contributed by atoms with E-state index < -0.39 is 0 Å². The standard InChI is InChI=1S/C7H13N3.C4H10.C2H6/c1-9-3-4-10(2)7(5-8)6-9;1-4(2)3;1-2/h7H,3-4,6H2,1-2H3;4H,1-3H3;1-2H3. The first kappa shape index (κ1) is 17.8. The maximum atomic E-state index is 8.66. The fourth-order valence-electron chi connectivity index (χ4n) is 1.15. The lowest BCUT2D eigenvalue weighted by atomic mass is 10.2. The Labute approximate surface area is 102 Å². The average Bonchev–Trinajstić information content (AvgIpc) is 2.24. The van der Waals surface area contributed by atoms with Crippen LogP contribution in [0, 0.1) is 17.2 Å². The zero-order chi connectivity index (χ0) is 13.1. The highest BCUT2D eigenvalue weighted by molar-refractivity contribution is 4.95. The second-order valence-electron chi connectivity index (χ2n) is 4.62. The van der Waals surface area contributed by atoms with Gasteiger partial charge in [0.25, 0.3) is 0 Å². The van der Waals surface area contributed by atoms with E-state index in [4.69, 9.17) is 5.26 Å². The summed E-state index contributed by atoms with van der Waals surface area (Å²) in [6.07, 6.45) is 0. The molecule has 1 saturated heterocycles. The minimum Gasteiger partial charge on any atom is -0.302 e. The van der Waals surface area contributed by atoms with Gasteiger partial charge < -0.3 is 4.90 Å². The van der Waals surface area contributed by atoms with E-state index in [1.54, 1.807) is 0 Å². The molecule has 0 spiro atoms. The Balaban J connectivity index is 0. The van der Waals surface area contributed by atoms with E-state index in [2.05, 4.69) is 43.7 Å². The highest BCUT2D eigenvalue weighted by atomic mass is 15.3. The molecule has 1 aliphatic rings. The van der Waals surface area contributed by atoms with E-state index in [-0.39, 0.29) is 6.04 Å². The number of likely N-dealkylation sites (N-methyl/N-ethyl adjacent to an activating group) is 2. The van der Waals surface area contributed by atoms with Crippen molar-refractivity contribution < 1.29 is 0 Å². The van der Waals surface area contributed by atoms with Crippen LogP contribution in [0.15, 0.2) is 0 Å². The number of nitrogens with zero attached hydrogens (tertiary/aromatic N) is 3. The maximum absolute atomic E-state index is 8.66. The molecule has 0 aliphatic carbocycles. The van der Waals surface area contributed by atoms with Gasteiger partial charge in [-0.15, -0.1) is 0 Å². The van der Waals surface area contributed by atoms with Crippen LogP contribution in [-0.4, -0.2) is 49.6 Å². The Hall–Kier alpha value is -0.590. The van der Waals surface area contributed by atoms with Crippen LogP contribution in [0.4, 0.5) is 0 Å². The predicted octanol–water partition coefficient (Wildman–Crippen LogP) is 2.44. The van der Waals surface area contributed by atoms with Crippen LogP contribution in [0.25, 0.3) is 0 Å². The monoisotopic (exact) mass is 227 g/mol. The molecule has 16 heavy (non-hydrogen) atoms. The summed E-state index contributed by atoms with van der Waals surface area (Å²) in [5.41, 5.74) is 0. The first-order valence-electron chi connectivity index (χ1n) is 6.25. The molecule has 0 aromatic rings. The minimum atomic E-state index is 0.0961. The van der Waals surface area contributed by atoms with Gasteiger partial charge in [0.2, 0.25) is 0 Å². The van der Waals surface area contributed by atoms with Gasteiger partial charge in [0, 0.05) is 19.6 Å². The van der Waals surface area contributed by atoms with Crippen molar-refractivity contribution in [1.82, 2.24) is 9.80 Å². The zero-order valence-electron chi connectivity index (χ0n) is 12.1. The molecule has 0 N–H and O–H groups in total. The molecule has 0 radical (unpaired) electrons. The van der Waals surface area contributed by atoms with Crippen LogP contribution >= 0.6 is 0 Å². The number of nitriles is 1. The summed E-state index contributed by atoms with van der Waals surface area (Å²) in [5.74, 6) is 0.833. The maximum Gasteiger partial charge on any atom is 0.110 e. The van der Waals surface area contributed by atoms with Crippen LogP contribution in [0.2, 0.25) is 0 Å². The molecule has 1 rings (SSSR count). The molecule has 0 saturated carbocycles. The van der Waals surface area contributed by atoms with Crippen molar-refractivity contribution in [3.8, 4) is 6.07 Å². The van der Waals surface area contributed by atoms with Crippen molar-refractivity contribution in [2.45, 2.75) is 40.7 Å². The Kier molecular flexibility index (Phi) is 12.1. The lowest BCUT2D eigenvalue weighted by molar-refractivity contribution is 0.145. The molecule has 1 atom stereocenters. The molecule has 0 aromatic carbocycles. The second-order valence-corrected chi connectivity index (χ2v) is 4.62. The largest absolute Gasteiger partial charge is 0.302 e. The fourth-order valence-corrected chi connectivity index (χ4v) is 1.15. The number of hydrogen-bond acceptors (Lipinski definition) is 3. The third-order valence-electron chi connectivity index (χ3n) is 2.00. The Bertz CT molecular complexity index is 181. The number of piperazine rings is 1. The summed E-state index contributed by atoms with van der Waals surface area (Å²) in [6.45, 7) is 13.5. The van der Waals surface area contributed by atoms with Gasteiger partial charge in [-0.25, -0.2) is 0 Å². The Morgan fingerprint density at radius 1 is 1.12 bits per heavy atom. The molecule has 3 heteroatoms. The molecular formula is C13H29N3. The summed E-state index contributed by atoms with van der Waals surface area (Å²) >= 11 is 0. The molecular weight excluding hydrogens is 198 g/mol. The van der Waals surface area contributed by atoms with Gasteiger partial charge in [-0.1, -0.05) is 34.6 Å². The fraction of sp³-hybridized carbons (Fsp3) is 0.923. The van der Waals surface area contributed by atoms with E-state index in [1.807, 2.05) is 20.9 Å². The molecule has 1 aliphatic heterocycles. The predicted molar refractivity (Wildman–Crippen MR) is 71.4 cm³/mol. The second kappa shape index (κ2) is 10.9. The van der Waals surface area contributed by atoms with E-state index in [0.717, 1.165) is 25.6 Å². The third-order valence-corrected chi connectivity index (χ3v) is 2.00. The average molecular weight is 227 g/mol. The van der Waals surface area contributed by atoms with Gasteiger partial charge >= 0.3 is 0 Å². The van der Waals surface area contributed by atoms with Crippen molar-refractivity contribution in [2.75, 3.05) is 33.7 Å². The van der Waals surface area contributed by atoms with Gasteiger partial charge in [-0.05, 0) is 20.0 Å². The van der Waals surface area contributed by atoms with Crippen LogP contribution in [0.3, 0.4) is 0 Å². The van der Waals surface area contributed by atoms with Gasteiger partial charge in [-0.2, -0.15) is 5.26 Å². The van der Waals surface area contributed by atoms with Crippen LogP contribution < -0.4 is 0 Å². The normalized spacial score (nSPS) is 21.3. The Morgan fingerprint density at radius 2 is 1.56 bits per heavy atom. The van der Waals surface area contributed by atoms with E-state index in [1.165, 1.54) is 0 Å². The molecule has 0 bridgehead atoms. The summed E-state index contributed by atoms with van der Waals surface area (Å²) < 4.78 is 0. The van der Waals surface area contributed by atoms with Crippen molar-refractivity contribution >= 4 is 0 Å². The first-order valence-corrected chi connectivity index (χ1v) is 6.25. The third kappa shape index (κ3) is 9.95. The van der Waals surface area contributed by atoms with Crippen LogP contribution in [0.5, 0.6) is 0 Å². The number of hydrogen-bond donors (Lipinski definition) is 0. The minimum absolute atomic E-state index is 0.0961. The summed E-state index contributed by atoms with van der Waals surface area (Å²) in [7, 11) is 4.05. The van der Waals surface area contributed by atoms with Crippen LogP contribution in [-0.2, 0) is 0 Å². The molecule has 0 aromatic heterocycles. The van der Waals surface area contributed by atoms with Gasteiger partial charge in [0.05, 0.1) is 6.07 Å². The van der Waals surface area contributed by atoms with E-state index in [0.29, 0.717) is 0 Å². The molecule has 0 amide bonds. The van der Waals surface area contributed by atoms with Gasteiger partial charge in [-0.3, -0.25) is 4.90 Å². The smallest absolute Gasteiger partial charge is 0.110 e. The molecule has 96 valence electrons. The van der Waals surface area contributed by atoms with Crippen molar-refractivity contribution in [3.05, 3.63) is 0 Å². The van der Waals surface area contributed by atoms with Crippen LogP contribution in [0.1, 0.15) is 34.6 Å². The topological polar surface area (TPSA) is 30.3 Å². The molecule has 1 fully saturated rings. The zero-order valence-corrected chi connectivity index (χ0v) is 12.1. The van der Waals surface area contributed by atoms with Crippen molar-refractivity contribution in [3.63, 3.8) is 0 Å². The lowest BCUT2D eigenvalue weighted by Crippen LogP contribution is -2.49. The summed E-state index contributed by atoms with van der Waals surface area (Å²) in [4.78, 5) is 4.29. The van der Waals surface area contributed by atoms with Gasteiger partial charge in [0.15, 0.2) is 0 Å². The lowest BCUT2D eigenvalue weighted by Gasteiger charge is -2.33. The van der Waals surface area contributed by atoms with E-state index >= 15 is 0 Å². The molecule has 3 nitrogen and oxygen atoms in total. The SMILES string of the molecule is CC.CC(C)C.CN1CCN(C)C(C#N)C1. The van der Waals surface area contributed by atoms with Gasteiger partial charge in [0.1, 0.15) is 6.04 Å². The van der Waals surface area contributed by atoms with Crippen molar-refractivity contribution in [1.29, 1.82) is 5.26 Å². The summed E-state index contributed by atoms with van der Waals surface area (Å²) in [5, 5.41) is 8.66. The summed E-state index contributed by atoms with van der Waals surface area (Å²) in [6, 6.07) is 2.36. The highest BCUT2D eigenvalue weighted by Crippen LogP contribution is 2.03.